The number of aliphatic hydroxyl groups is 1. The summed E-state index contributed by atoms with van der Waals surface area (Å²) in [4.78, 5) is 8.53. The van der Waals surface area contributed by atoms with E-state index in [2.05, 4.69) is 15.3 Å². The number of nitrogens with zero attached hydrogens (tertiary/aromatic N) is 3. The van der Waals surface area contributed by atoms with E-state index in [1.54, 1.807) is 18.6 Å². The molecule has 21 heavy (non-hydrogen) atoms. The Bertz CT molecular complexity index is 774. The summed E-state index contributed by atoms with van der Waals surface area (Å²) in [5, 5.41) is 13.7. The molecule has 0 aliphatic rings. The topological polar surface area (TPSA) is 63.0 Å². The Hall–Kier alpha value is -1.82. The third-order valence-electron chi connectivity index (χ3n) is 3.05. The molecule has 0 atom stereocenters. The number of hydrogen-bond acceptors (Lipinski definition) is 4. The van der Waals surface area contributed by atoms with Crippen LogP contribution in [0.3, 0.4) is 0 Å². The van der Waals surface area contributed by atoms with E-state index in [1.165, 1.54) is 0 Å². The maximum atomic E-state index is 8.94. The predicted molar refractivity (Wildman–Crippen MR) is 84.5 cm³/mol. The van der Waals surface area contributed by atoms with Crippen LogP contribution in [-0.2, 0) is 0 Å². The number of rotatable bonds is 4. The molecule has 0 saturated heterocycles. The first kappa shape index (κ1) is 14.1. The van der Waals surface area contributed by atoms with Gasteiger partial charge in [-0.2, -0.15) is 0 Å². The van der Waals surface area contributed by atoms with Gasteiger partial charge in [0.1, 0.15) is 5.82 Å². The summed E-state index contributed by atoms with van der Waals surface area (Å²) >= 11 is 12.3. The van der Waals surface area contributed by atoms with Crippen molar-refractivity contribution in [1.29, 1.82) is 0 Å². The lowest BCUT2D eigenvalue weighted by Gasteiger charge is -2.12. The molecule has 0 amide bonds. The van der Waals surface area contributed by atoms with Crippen LogP contribution < -0.4 is 5.32 Å². The molecule has 3 rings (SSSR count). The van der Waals surface area contributed by atoms with E-state index in [0.29, 0.717) is 27.9 Å². The fourth-order valence-electron chi connectivity index (χ4n) is 2.11. The number of benzene rings is 1. The number of halogens is 2. The molecule has 0 unspecified atom stereocenters. The third kappa shape index (κ3) is 2.68. The number of nitrogens with one attached hydrogen (secondary N) is 1. The van der Waals surface area contributed by atoms with Gasteiger partial charge in [-0.25, -0.2) is 9.97 Å². The highest BCUT2D eigenvalue weighted by Gasteiger charge is 2.12. The van der Waals surface area contributed by atoms with Gasteiger partial charge in [0.25, 0.3) is 0 Å². The van der Waals surface area contributed by atoms with Crippen LogP contribution in [0.1, 0.15) is 0 Å². The number of imidazole rings is 1. The maximum Gasteiger partial charge on any atom is 0.128 e. The van der Waals surface area contributed by atoms with E-state index in [-0.39, 0.29) is 6.61 Å². The standard InChI is InChI=1S/C14H12Cl2N4O/c15-10-2-1-9-11(20-5-3-17-8-20)7-12(18-4-6-21)19-14(9)13(10)16/h1-3,5,7-8,21H,4,6H2,(H,18,19). The summed E-state index contributed by atoms with van der Waals surface area (Å²) in [6.45, 7) is 0.420. The van der Waals surface area contributed by atoms with Crippen molar-refractivity contribution < 1.29 is 5.11 Å². The largest absolute Gasteiger partial charge is 0.395 e. The van der Waals surface area contributed by atoms with Crippen LogP contribution in [0.2, 0.25) is 10.0 Å². The molecule has 108 valence electrons. The highest BCUT2D eigenvalue weighted by Crippen LogP contribution is 2.33. The van der Waals surface area contributed by atoms with Gasteiger partial charge in [0.15, 0.2) is 0 Å². The normalized spacial score (nSPS) is 11.0. The molecule has 3 aromatic rings. The van der Waals surface area contributed by atoms with E-state index < -0.39 is 0 Å². The molecule has 0 aliphatic heterocycles. The molecule has 0 saturated carbocycles. The zero-order valence-electron chi connectivity index (χ0n) is 10.9. The van der Waals surface area contributed by atoms with Crippen molar-refractivity contribution >= 4 is 39.9 Å². The van der Waals surface area contributed by atoms with Crippen LogP contribution in [0.4, 0.5) is 5.82 Å². The van der Waals surface area contributed by atoms with Crippen LogP contribution in [0.15, 0.2) is 36.9 Å². The Labute approximate surface area is 131 Å². The van der Waals surface area contributed by atoms with Gasteiger partial charge in [-0.3, -0.25) is 0 Å². The molecule has 0 bridgehead atoms. The molecular formula is C14H12Cl2N4O. The van der Waals surface area contributed by atoms with Gasteiger partial charge < -0.3 is 15.0 Å². The molecule has 0 radical (unpaired) electrons. The minimum absolute atomic E-state index is 0.0173. The van der Waals surface area contributed by atoms with Crippen molar-refractivity contribution in [2.24, 2.45) is 0 Å². The Balaban J connectivity index is 2.26. The Morgan fingerprint density at radius 1 is 1.29 bits per heavy atom. The third-order valence-corrected chi connectivity index (χ3v) is 3.85. The Morgan fingerprint density at radius 2 is 2.14 bits per heavy atom. The summed E-state index contributed by atoms with van der Waals surface area (Å²) in [5.41, 5.74) is 1.49. The highest BCUT2D eigenvalue weighted by molar-refractivity contribution is 6.45. The minimum atomic E-state index is 0.0173. The molecule has 5 nitrogen and oxygen atoms in total. The van der Waals surface area contributed by atoms with Crippen LogP contribution >= 0.6 is 23.2 Å². The first-order chi connectivity index (χ1) is 10.2. The van der Waals surface area contributed by atoms with Crippen LogP contribution in [0.25, 0.3) is 16.6 Å². The molecule has 7 heteroatoms. The molecule has 2 N–H and O–H groups in total. The second kappa shape index (κ2) is 5.89. The Kier molecular flexibility index (Phi) is 3.96. The SMILES string of the molecule is OCCNc1cc(-n2ccnc2)c2ccc(Cl)c(Cl)c2n1. The average Bonchev–Trinajstić information content (AvgIpc) is 3.02. The van der Waals surface area contributed by atoms with Crippen LogP contribution in [0, 0.1) is 0 Å². The fraction of sp³-hybridized carbons (Fsp3) is 0.143. The van der Waals surface area contributed by atoms with Crippen LogP contribution in [-0.4, -0.2) is 32.8 Å². The van der Waals surface area contributed by atoms with E-state index in [4.69, 9.17) is 28.3 Å². The number of hydrogen-bond donors (Lipinski definition) is 2. The van der Waals surface area contributed by atoms with Gasteiger partial charge in [-0.1, -0.05) is 23.2 Å². The van der Waals surface area contributed by atoms with E-state index in [9.17, 15) is 0 Å². The summed E-state index contributed by atoms with van der Waals surface area (Å²) in [5.74, 6) is 0.615. The molecule has 2 aromatic heterocycles. The number of pyridine rings is 1. The highest BCUT2D eigenvalue weighted by atomic mass is 35.5. The van der Waals surface area contributed by atoms with Crippen molar-refractivity contribution in [3.05, 3.63) is 47.0 Å². The predicted octanol–water partition coefficient (Wildman–Crippen LogP) is 3.13. The summed E-state index contributed by atoms with van der Waals surface area (Å²) in [6, 6.07) is 5.50. The van der Waals surface area contributed by atoms with Crippen molar-refractivity contribution in [1.82, 2.24) is 14.5 Å². The van der Waals surface area contributed by atoms with Crippen molar-refractivity contribution in [2.75, 3.05) is 18.5 Å². The first-order valence-electron chi connectivity index (χ1n) is 6.32. The zero-order valence-corrected chi connectivity index (χ0v) is 12.4. The minimum Gasteiger partial charge on any atom is -0.395 e. The van der Waals surface area contributed by atoms with Gasteiger partial charge in [0.05, 0.1) is 34.2 Å². The monoisotopic (exact) mass is 322 g/mol. The number of aliphatic hydroxyl groups excluding tert-OH is 1. The van der Waals surface area contributed by atoms with Crippen molar-refractivity contribution in [3.8, 4) is 5.69 Å². The Morgan fingerprint density at radius 3 is 2.86 bits per heavy atom. The quantitative estimate of drug-likeness (QED) is 0.774. The second-order valence-corrected chi connectivity index (χ2v) is 5.19. The molecular weight excluding hydrogens is 311 g/mol. The lowest BCUT2D eigenvalue weighted by molar-refractivity contribution is 0.311. The lowest BCUT2D eigenvalue weighted by Crippen LogP contribution is -2.08. The smallest absolute Gasteiger partial charge is 0.128 e. The summed E-state index contributed by atoms with van der Waals surface area (Å²) < 4.78 is 1.87. The van der Waals surface area contributed by atoms with Crippen molar-refractivity contribution in [2.45, 2.75) is 0 Å². The van der Waals surface area contributed by atoms with Crippen molar-refractivity contribution in [3.63, 3.8) is 0 Å². The molecule has 0 aliphatic carbocycles. The van der Waals surface area contributed by atoms with Gasteiger partial charge >= 0.3 is 0 Å². The molecule has 0 fully saturated rings. The average molecular weight is 323 g/mol. The molecule has 1 aromatic carbocycles. The number of anilines is 1. The number of aromatic nitrogens is 3. The van der Waals surface area contributed by atoms with Gasteiger partial charge in [-0.15, -0.1) is 0 Å². The van der Waals surface area contributed by atoms with Crippen LogP contribution in [0.5, 0.6) is 0 Å². The molecule has 0 spiro atoms. The lowest BCUT2D eigenvalue weighted by atomic mass is 10.1. The van der Waals surface area contributed by atoms with E-state index in [0.717, 1.165) is 11.1 Å². The number of fused-ring (bicyclic) bond motifs is 1. The summed E-state index contributed by atoms with van der Waals surface area (Å²) in [7, 11) is 0. The molecule has 2 heterocycles. The van der Waals surface area contributed by atoms with E-state index >= 15 is 0 Å². The first-order valence-corrected chi connectivity index (χ1v) is 7.08. The van der Waals surface area contributed by atoms with Gasteiger partial charge in [-0.05, 0) is 12.1 Å². The zero-order chi connectivity index (χ0) is 14.8. The fourth-order valence-corrected chi connectivity index (χ4v) is 2.47. The second-order valence-electron chi connectivity index (χ2n) is 4.40. The summed E-state index contributed by atoms with van der Waals surface area (Å²) in [6.07, 6.45) is 5.24. The van der Waals surface area contributed by atoms with E-state index in [1.807, 2.05) is 22.9 Å². The van der Waals surface area contributed by atoms with Gasteiger partial charge in [0.2, 0.25) is 0 Å². The van der Waals surface area contributed by atoms with Gasteiger partial charge in [0, 0.05) is 30.4 Å². The maximum absolute atomic E-state index is 8.94.